The van der Waals surface area contributed by atoms with Crippen LogP contribution in [0.2, 0.25) is 0 Å². The van der Waals surface area contributed by atoms with E-state index in [1.54, 1.807) is 0 Å². The Kier molecular flexibility index (Phi) is 0.972. The van der Waals surface area contributed by atoms with E-state index < -0.39 is 0 Å². The molecule has 0 aromatic carbocycles. The van der Waals surface area contributed by atoms with E-state index in [-0.39, 0.29) is 6.10 Å². The second-order valence-electron chi connectivity index (χ2n) is 3.98. The van der Waals surface area contributed by atoms with Gasteiger partial charge in [0, 0.05) is 5.92 Å². The molecule has 5 atom stereocenters. The minimum atomic E-state index is -0.153. The third kappa shape index (κ3) is 0.603. The first-order valence-corrected chi connectivity index (χ1v) is 4.41. The molecule has 11 heavy (non-hydrogen) atoms. The second kappa shape index (κ2) is 1.78. The number of aliphatic hydroxyl groups excluding tert-OH is 1. The molecule has 2 bridgehead atoms. The Hall–Kier alpha value is -0.560. The zero-order valence-electron chi connectivity index (χ0n) is 6.35. The summed E-state index contributed by atoms with van der Waals surface area (Å²) in [5.74, 6) is 2.62. The van der Waals surface area contributed by atoms with E-state index >= 15 is 0 Å². The fraction of sp³-hybridized carbons (Fsp3) is 0.600. The number of allylic oxidation sites excluding steroid dienone is 3. The molecule has 3 aliphatic rings. The summed E-state index contributed by atoms with van der Waals surface area (Å²) >= 11 is 0. The average Bonchev–Trinajstić information content (AvgIpc) is 2.60. The van der Waals surface area contributed by atoms with Gasteiger partial charge in [-0.3, -0.25) is 0 Å². The molecule has 3 rings (SSSR count). The lowest BCUT2D eigenvalue weighted by Crippen LogP contribution is -2.23. The van der Waals surface area contributed by atoms with Gasteiger partial charge in [0.15, 0.2) is 0 Å². The molecule has 0 heterocycles. The van der Waals surface area contributed by atoms with Crippen molar-refractivity contribution in [1.29, 1.82) is 0 Å². The van der Waals surface area contributed by atoms with Gasteiger partial charge in [0.1, 0.15) is 0 Å². The van der Waals surface area contributed by atoms with Gasteiger partial charge in [-0.25, -0.2) is 0 Å². The molecule has 1 heteroatoms. The van der Waals surface area contributed by atoms with Crippen LogP contribution in [0.25, 0.3) is 0 Å². The molecular formula is C10H12O. The van der Waals surface area contributed by atoms with Gasteiger partial charge in [0.05, 0.1) is 6.10 Å². The molecule has 0 spiro atoms. The van der Waals surface area contributed by atoms with Gasteiger partial charge in [0.25, 0.3) is 0 Å². The highest BCUT2D eigenvalue weighted by Crippen LogP contribution is 2.52. The Labute approximate surface area is 66.4 Å². The molecule has 58 valence electrons. The maximum Gasteiger partial charge on any atom is 0.0760 e. The van der Waals surface area contributed by atoms with Crippen molar-refractivity contribution in [3.05, 3.63) is 24.3 Å². The van der Waals surface area contributed by atoms with Crippen LogP contribution in [-0.4, -0.2) is 11.2 Å². The van der Waals surface area contributed by atoms with Gasteiger partial charge in [-0.1, -0.05) is 24.3 Å². The Morgan fingerprint density at radius 3 is 2.64 bits per heavy atom. The van der Waals surface area contributed by atoms with Crippen LogP contribution in [0.1, 0.15) is 6.42 Å². The number of fused-ring (bicyclic) bond motifs is 5. The third-order valence-electron chi connectivity index (χ3n) is 3.51. The summed E-state index contributed by atoms with van der Waals surface area (Å²) in [7, 11) is 0. The van der Waals surface area contributed by atoms with Crippen LogP contribution < -0.4 is 0 Å². The van der Waals surface area contributed by atoms with Crippen LogP contribution >= 0.6 is 0 Å². The number of aliphatic hydroxyl groups is 1. The Bertz CT molecular complexity index is 241. The van der Waals surface area contributed by atoms with Crippen molar-refractivity contribution in [3.63, 3.8) is 0 Å². The van der Waals surface area contributed by atoms with Crippen molar-refractivity contribution in [2.45, 2.75) is 12.5 Å². The molecular weight excluding hydrogens is 136 g/mol. The fourth-order valence-electron chi connectivity index (χ4n) is 3.02. The maximum atomic E-state index is 9.60. The minimum absolute atomic E-state index is 0.153. The van der Waals surface area contributed by atoms with Crippen molar-refractivity contribution in [2.75, 3.05) is 0 Å². The highest BCUT2D eigenvalue weighted by Gasteiger charge is 2.48. The molecule has 3 unspecified atom stereocenters. The van der Waals surface area contributed by atoms with E-state index in [1.807, 2.05) is 6.08 Å². The smallest absolute Gasteiger partial charge is 0.0760 e. The first kappa shape index (κ1) is 6.01. The predicted molar refractivity (Wildman–Crippen MR) is 42.9 cm³/mol. The highest BCUT2D eigenvalue weighted by atomic mass is 16.3. The van der Waals surface area contributed by atoms with Gasteiger partial charge < -0.3 is 5.11 Å². The molecule has 0 amide bonds. The lowest BCUT2D eigenvalue weighted by Gasteiger charge is -2.22. The highest BCUT2D eigenvalue weighted by molar-refractivity contribution is 5.24. The Morgan fingerprint density at radius 1 is 1.00 bits per heavy atom. The second-order valence-corrected chi connectivity index (χ2v) is 3.98. The maximum absolute atomic E-state index is 9.60. The largest absolute Gasteiger partial charge is 0.389 e. The van der Waals surface area contributed by atoms with E-state index in [0.29, 0.717) is 17.8 Å². The van der Waals surface area contributed by atoms with Gasteiger partial charge in [-0.2, -0.15) is 0 Å². The summed E-state index contributed by atoms with van der Waals surface area (Å²) in [4.78, 5) is 0. The molecule has 1 saturated carbocycles. The van der Waals surface area contributed by atoms with Crippen molar-refractivity contribution >= 4 is 0 Å². The van der Waals surface area contributed by atoms with Crippen LogP contribution in [-0.2, 0) is 0 Å². The first-order valence-electron chi connectivity index (χ1n) is 4.41. The van der Waals surface area contributed by atoms with E-state index in [0.717, 1.165) is 5.92 Å². The third-order valence-corrected chi connectivity index (χ3v) is 3.51. The summed E-state index contributed by atoms with van der Waals surface area (Å²) in [5.41, 5.74) is 0. The summed E-state index contributed by atoms with van der Waals surface area (Å²) in [6.07, 6.45) is 9.94. The molecule has 3 aliphatic carbocycles. The molecule has 0 aliphatic heterocycles. The standard InChI is InChI=1S/C10H12O/c11-9-4-3-8-6-1-2-7(5-6)10(8)9/h1-4,6-11H,5H2/t6-,7+,8?,9?,10?/m0/s1. The van der Waals surface area contributed by atoms with Gasteiger partial charge >= 0.3 is 0 Å². The molecule has 0 saturated heterocycles. The molecule has 0 aromatic rings. The van der Waals surface area contributed by atoms with Crippen molar-refractivity contribution in [3.8, 4) is 0 Å². The quantitative estimate of drug-likeness (QED) is 0.514. The first-order chi connectivity index (χ1) is 5.36. The molecule has 0 aromatic heterocycles. The zero-order valence-corrected chi connectivity index (χ0v) is 6.35. The normalized spacial score (nSPS) is 57.4. The van der Waals surface area contributed by atoms with Crippen LogP contribution in [0.3, 0.4) is 0 Å². The van der Waals surface area contributed by atoms with E-state index in [9.17, 15) is 5.11 Å². The van der Waals surface area contributed by atoms with Gasteiger partial charge in [-0.15, -0.1) is 0 Å². The summed E-state index contributed by atoms with van der Waals surface area (Å²) in [6, 6.07) is 0. The predicted octanol–water partition coefficient (Wildman–Crippen LogP) is 1.36. The van der Waals surface area contributed by atoms with E-state index in [1.165, 1.54) is 6.42 Å². The monoisotopic (exact) mass is 148 g/mol. The fourth-order valence-corrected chi connectivity index (χ4v) is 3.02. The number of hydrogen-bond donors (Lipinski definition) is 1. The SMILES string of the molecule is OC1C=CC2C1[C@@H]1C=C[C@H]2C1. The number of hydrogen-bond acceptors (Lipinski definition) is 1. The topological polar surface area (TPSA) is 20.2 Å². The minimum Gasteiger partial charge on any atom is -0.389 e. The lowest BCUT2D eigenvalue weighted by atomic mass is 9.84. The van der Waals surface area contributed by atoms with Gasteiger partial charge in [0.2, 0.25) is 0 Å². The zero-order chi connectivity index (χ0) is 7.42. The van der Waals surface area contributed by atoms with E-state index in [2.05, 4.69) is 18.2 Å². The van der Waals surface area contributed by atoms with Crippen LogP contribution in [0.4, 0.5) is 0 Å². The Morgan fingerprint density at radius 2 is 1.82 bits per heavy atom. The molecule has 1 fully saturated rings. The van der Waals surface area contributed by atoms with Crippen LogP contribution in [0.15, 0.2) is 24.3 Å². The van der Waals surface area contributed by atoms with Crippen molar-refractivity contribution in [2.24, 2.45) is 23.7 Å². The summed E-state index contributed by atoms with van der Waals surface area (Å²) < 4.78 is 0. The molecule has 1 N–H and O–H groups in total. The summed E-state index contributed by atoms with van der Waals surface area (Å²) in [5, 5.41) is 9.60. The van der Waals surface area contributed by atoms with Crippen molar-refractivity contribution in [1.82, 2.24) is 0 Å². The van der Waals surface area contributed by atoms with Crippen LogP contribution in [0, 0.1) is 23.7 Å². The van der Waals surface area contributed by atoms with E-state index in [4.69, 9.17) is 0 Å². The van der Waals surface area contributed by atoms with Gasteiger partial charge in [-0.05, 0) is 24.2 Å². The molecule has 1 nitrogen and oxygen atoms in total. The Balaban J connectivity index is 2.02. The summed E-state index contributed by atoms with van der Waals surface area (Å²) in [6.45, 7) is 0. The number of rotatable bonds is 0. The molecule has 0 radical (unpaired) electrons. The average molecular weight is 148 g/mol. The lowest BCUT2D eigenvalue weighted by molar-refractivity contribution is 0.132. The van der Waals surface area contributed by atoms with Crippen molar-refractivity contribution < 1.29 is 5.11 Å². The van der Waals surface area contributed by atoms with Crippen LogP contribution in [0.5, 0.6) is 0 Å².